The molecule has 0 spiro atoms. The zero-order valence-electron chi connectivity index (χ0n) is 26.1. The van der Waals surface area contributed by atoms with E-state index in [4.69, 9.17) is 6.58 Å². The second-order valence-corrected chi connectivity index (χ2v) is 14.8. The van der Waals surface area contributed by atoms with Crippen molar-refractivity contribution in [2.24, 2.45) is 51.2 Å². The molecule has 1 heteroatoms. The van der Waals surface area contributed by atoms with Crippen LogP contribution in [0.4, 0.5) is 4.39 Å². The predicted molar refractivity (Wildman–Crippen MR) is 161 cm³/mol. The summed E-state index contributed by atoms with van der Waals surface area (Å²) < 4.78 is 13.9. The Morgan fingerprint density at radius 3 is 2.30 bits per heavy atom. The molecule has 0 bridgehead atoms. The molecule has 3 aliphatic rings. The van der Waals surface area contributed by atoms with E-state index in [-0.39, 0.29) is 12.1 Å². The molecule has 0 heterocycles. The Morgan fingerprint density at radius 2 is 1.70 bits per heavy atom. The lowest BCUT2D eigenvalue weighted by molar-refractivity contribution is -0.0547. The van der Waals surface area contributed by atoms with Crippen LogP contribution >= 0.6 is 0 Å². The minimum absolute atomic E-state index is 0.179. The van der Waals surface area contributed by atoms with Gasteiger partial charge in [0.2, 0.25) is 0 Å². The van der Waals surface area contributed by atoms with Crippen molar-refractivity contribution >= 4 is 0 Å². The largest absolute Gasteiger partial charge is 0.250 e. The van der Waals surface area contributed by atoms with Crippen molar-refractivity contribution < 1.29 is 4.39 Å². The first-order valence-corrected chi connectivity index (χ1v) is 15.5. The quantitative estimate of drug-likeness (QED) is 0.299. The van der Waals surface area contributed by atoms with Gasteiger partial charge in [-0.25, -0.2) is 4.39 Å². The van der Waals surface area contributed by atoms with Gasteiger partial charge in [-0.05, 0) is 109 Å². The maximum absolute atomic E-state index is 13.9. The lowest BCUT2D eigenvalue weighted by Crippen LogP contribution is -2.47. The smallest absolute Gasteiger partial charge is 0.102 e. The molecule has 3 rings (SSSR count). The Morgan fingerprint density at radius 1 is 1.03 bits per heavy atom. The summed E-state index contributed by atoms with van der Waals surface area (Å²) in [5.74, 6) is 3.45. The lowest BCUT2D eigenvalue weighted by atomic mass is 9.49. The standard InChI is InChI=1S/C36H59F/c1-12-31-21-25(3)18-20-33(31,8)23-36(11)26(4)16-17-32(35(10,13-2)29(36)7)28(6)30-15-14-19-34(9,24-37)27(5)22-30/h14-15,19,22,25-26,29,31-32H,6,12-13,16-18,20-21,23-24H2,1-5,7-11H3. The first kappa shape index (κ1) is 30.4. The van der Waals surface area contributed by atoms with Crippen molar-refractivity contribution in [3.8, 4) is 0 Å². The molecule has 0 aromatic carbocycles. The molecule has 210 valence electrons. The molecule has 0 aromatic rings. The topological polar surface area (TPSA) is 0 Å². The van der Waals surface area contributed by atoms with Crippen LogP contribution in [-0.2, 0) is 0 Å². The summed E-state index contributed by atoms with van der Waals surface area (Å²) in [4.78, 5) is 0. The summed E-state index contributed by atoms with van der Waals surface area (Å²) in [6.07, 6.45) is 19.0. The second-order valence-electron chi connectivity index (χ2n) is 14.8. The molecule has 0 amide bonds. The van der Waals surface area contributed by atoms with Crippen LogP contribution in [-0.4, -0.2) is 6.67 Å². The lowest BCUT2D eigenvalue weighted by Gasteiger charge is -2.55. The first-order valence-electron chi connectivity index (χ1n) is 15.5. The summed E-state index contributed by atoms with van der Waals surface area (Å²) in [6, 6.07) is 0. The summed E-state index contributed by atoms with van der Waals surface area (Å²) >= 11 is 0. The van der Waals surface area contributed by atoms with Crippen LogP contribution in [0.3, 0.4) is 0 Å². The normalized spacial score (nSPS) is 45.0. The molecule has 9 unspecified atom stereocenters. The van der Waals surface area contributed by atoms with Gasteiger partial charge in [0.25, 0.3) is 0 Å². The number of alkyl halides is 1. The fourth-order valence-electron chi connectivity index (χ4n) is 8.93. The SMILES string of the molecule is C=C(C1=CC=CC(C)(CF)C(C)=C1)C1CCC(C)C(C)(CC2(C)CCC(C)CC2CC)C(C)C1(C)CC. The van der Waals surface area contributed by atoms with Crippen molar-refractivity contribution in [3.05, 3.63) is 47.6 Å². The van der Waals surface area contributed by atoms with E-state index in [0.717, 1.165) is 17.4 Å². The Labute approximate surface area is 230 Å². The minimum atomic E-state index is -0.515. The van der Waals surface area contributed by atoms with E-state index < -0.39 is 5.41 Å². The average Bonchev–Trinajstić information content (AvgIpc) is 3.06. The van der Waals surface area contributed by atoms with Crippen LogP contribution in [0.2, 0.25) is 0 Å². The van der Waals surface area contributed by atoms with Gasteiger partial charge in [-0.15, -0.1) is 0 Å². The van der Waals surface area contributed by atoms with Gasteiger partial charge >= 0.3 is 0 Å². The highest BCUT2D eigenvalue weighted by atomic mass is 19.1. The van der Waals surface area contributed by atoms with Crippen LogP contribution in [0, 0.1) is 51.2 Å². The van der Waals surface area contributed by atoms with E-state index in [9.17, 15) is 4.39 Å². The molecule has 2 saturated carbocycles. The maximum atomic E-state index is 13.9. The number of allylic oxidation sites excluding steroid dienone is 7. The summed E-state index contributed by atoms with van der Waals surface area (Å²) in [6.45, 7) is 28.8. The molecule has 2 fully saturated rings. The Kier molecular flexibility index (Phi) is 9.19. The van der Waals surface area contributed by atoms with Crippen molar-refractivity contribution in [1.29, 1.82) is 0 Å². The van der Waals surface area contributed by atoms with Crippen molar-refractivity contribution in [2.45, 2.75) is 121 Å². The Balaban J connectivity index is 1.97. The molecular weight excluding hydrogens is 451 g/mol. The molecular formula is C36H59F. The molecule has 3 aliphatic carbocycles. The summed E-state index contributed by atoms with van der Waals surface area (Å²) in [5, 5.41) is 0. The van der Waals surface area contributed by atoms with Gasteiger partial charge in [-0.2, -0.15) is 0 Å². The van der Waals surface area contributed by atoms with Crippen LogP contribution in [0.25, 0.3) is 0 Å². The van der Waals surface area contributed by atoms with E-state index in [1.165, 1.54) is 62.5 Å². The van der Waals surface area contributed by atoms with E-state index >= 15 is 0 Å². The van der Waals surface area contributed by atoms with E-state index in [1.54, 1.807) is 0 Å². The van der Waals surface area contributed by atoms with E-state index in [0.29, 0.717) is 28.6 Å². The number of hydrogen-bond donors (Lipinski definition) is 0. The molecule has 0 aliphatic heterocycles. The zero-order valence-corrected chi connectivity index (χ0v) is 26.1. The minimum Gasteiger partial charge on any atom is -0.250 e. The Hall–Kier alpha value is -1.11. The molecule has 0 nitrogen and oxygen atoms in total. The first-order chi connectivity index (χ1) is 17.2. The molecule has 0 saturated heterocycles. The molecule has 9 atom stereocenters. The molecule has 0 N–H and O–H groups in total. The van der Waals surface area contributed by atoms with Gasteiger partial charge in [0.05, 0.1) is 0 Å². The molecule has 37 heavy (non-hydrogen) atoms. The van der Waals surface area contributed by atoms with E-state index in [1.807, 2.05) is 13.0 Å². The molecule has 0 radical (unpaired) electrons. The second kappa shape index (κ2) is 11.2. The zero-order chi connectivity index (χ0) is 27.8. The van der Waals surface area contributed by atoms with Crippen LogP contribution in [0.1, 0.15) is 121 Å². The van der Waals surface area contributed by atoms with Gasteiger partial charge in [0, 0.05) is 5.41 Å². The number of halogens is 1. The van der Waals surface area contributed by atoms with Gasteiger partial charge in [0.1, 0.15) is 6.67 Å². The number of rotatable bonds is 7. The van der Waals surface area contributed by atoms with Gasteiger partial charge in [-0.1, -0.05) is 105 Å². The predicted octanol–water partition coefficient (Wildman–Crippen LogP) is 11.3. The summed E-state index contributed by atoms with van der Waals surface area (Å²) in [5.41, 5.74) is 3.98. The van der Waals surface area contributed by atoms with Crippen LogP contribution in [0.5, 0.6) is 0 Å². The Bertz CT molecular complexity index is 921. The number of hydrogen-bond acceptors (Lipinski definition) is 0. The highest BCUT2D eigenvalue weighted by molar-refractivity contribution is 5.48. The van der Waals surface area contributed by atoms with Crippen molar-refractivity contribution in [3.63, 3.8) is 0 Å². The van der Waals surface area contributed by atoms with Gasteiger partial charge in [0.15, 0.2) is 0 Å². The van der Waals surface area contributed by atoms with Crippen LogP contribution < -0.4 is 0 Å². The monoisotopic (exact) mass is 510 g/mol. The third-order valence-corrected chi connectivity index (χ3v) is 12.8. The third kappa shape index (κ3) is 5.49. The third-order valence-electron chi connectivity index (χ3n) is 12.8. The van der Waals surface area contributed by atoms with Crippen molar-refractivity contribution in [2.75, 3.05) is 6.67 Å². The fourth-order valence-corrected chi connectivity index (χ4v) is 8.93. The fraction of sp³-hybridized carbons (Fsp3) is 0.778. The highest BCUT2D eigenvalue weighted by Gasteiger charge is 2.54. The average molecular weight is 511 g/mol. The van der Waals surface area contributed by atoms with Gasteiger partial charge < -0.3 is 0 Å². The van der Waals surface area contributed by atoms with Gasteiger partial charge in [-0.3, -0.25) is 0 Å². The van der Waals surface area contributed by atoms with E-state index in [2.05, 4.69) is 80.5 Å². The maximum Gasteiger partial charge on any atom is 0.102 e. The molecule has 0 aromatic heterocycles. The summed E-state index contributed by atoms with van der Waals surface area (Å²) in [7, 11) is 0. The van der Waals surface area contributed by atoms with Crippen molar-refractivity contribution in [1.82, 2.24) is 0 Å². The highest BCUT2D eigenvalue weighted by Crippen LogP contribution is 2.63. The van der Waals surface area contributed by atoms with Crippen LogP contribution in [0.15, 0.2) is 47.6 Å².